The van der Waals surface area contributed by atoms with Crippen molar-refractivity contribution in [2.45, 2.75) is 179 Å². The molecule has 0 aromatic rings. The van der Waals surface area contributed by atoms with Crippen molar-refractivity contribution in [3.8, 4) is 0 Å². The molecule has 53 heavy (non-hydrogen) atoms. The Labute approximate surface area is 326 Å². The van der Waals surface area contributed by atoms with Gasteiger partial charge in [-0.05, 0) is 44.4 Å². The van der Waals surface area contributed by atoms with Crippen LogP contribution >= 0.6 is 11.8 Å². The number of ether oxygens (including phenoxy) is 2. The Morgan fingerprint density at radius 2 is 1.43 bits per heavy atom. The molecule has 0 heterocycles. The fourth-order valence-corrected chi connectivity index (χ4v) is 6.63. The van der Waals surface area contributed by atoms with Gasteiger partial charge in [-0.2, -0.15) is 0 Å². The first-order valence-electron chi connectivity index (χ1n) is 20.5. The number of thioether (sulfide) groups is 1. The monoisotopic (exact) mass is 766 g/mol. The number of aliphatic hydroxyl groups excluding tert-OH is 2. The molecule has 5 atom stereocenters. The van der Waals surface area contributed by atoms with Gasteiger partial charge in [-0.3, -0.25) is 14.4 Å². The molecule has 0 aliphatic carbocycles. The summed E-state index contributed by atoms with van der Waals surface area (Å²) in [5.74, 6) is -1.07. The third-order valence-electron chi connectivity index (χ3n) is 9.16. The summed E-state index contributed by atoms with van der Waals surface area (Å²) >= 11 is 1.27. The van der Waals surface area contributed by atoms with E-state index in [4.69, 9.17) is 20.3 Å². The molecule has 0 saturated heterocycles. The summed E-state index contributed by atoms with van der Waals surface area (Å²) in [5, 5.41) is 29.0. The summed E-state index contributed by atoms with van der Waals surface area (Å²) in [5.41, 5.74) is 6.09. The van der Waals surface area contributed by atoms with Gasteiger partial charge in [-0.1, -0.05) is 153 Å². The number of esters is 2. The lowest BCUT2D eigenvalue weighted by molar-refractivity contribution is -0.161. The molecule has 0 rings (SSSR count). The number of carbonyl (C=O) groups is 3. The first kappa shape index (κ1) is 50.6. The van der Waals surface area contributed by atoms with E-state index < -0.39 is 48.0 Å². The van der Waals surface area contributed by atoms with E-state index in [1.54, 1.807) is 0 Å². The second-order valence-electron chi connectivity index (χ2n) is 14.2. The van der Waals surface area contributed by atoms with Crippen LogP contribution in [0.1, 0.15) is 156 Å². The molecular formula is C43H75NO8S. The summed E-state index contributed by atoms with van der Waals surface area (Å²) in [6, 6.07) is -1.01. The van der Waals surface area contributed by atoms with Gasteiger partial charge in [0.15, 0.2) is 6.10 Å². The van der Waals surface area contributed by atoms with Crippen molar-refractivity contribution in [3.05, 3.63) is 48.6 Å². The predicted molar refractivity (Wildman–Crippen MR) is 220 cm³/mol. The molecule has 9 nitrogen and oxygen atoms in total. The van der Waals surface area contributed by atoms with E-state index in [2.05, 4.69) is 39.0 Å². The van der Waals surface area contributed by atoms with Crippen molar-refractivity contribution >= 4 is 29.7 Å². The second kappa shape index (κ2) is 36.6. The molecule has 1 unspecified atom stereocenters. The maximum Gasteiger partial charge on any atom is 0.323 e. The van der Waals surface area contributed by atoms with Crippen molar-refractivity contribution in [2.24, 2.45) is 11.7 Å². The first-order chi connectivity index (χ1) is 25.6. The zero-order chi connectivity index (χ0) is 39.4. The molecule has 0 bridgehead atoms. The minimum atomic E-state index is -1.01. The van der Waals surface area contributed by atoms with Crippen LogP contribution in [-0.2, 0) is 23.9 Å². The van der Waals surface area contributed by atoms with Gasteiger partial charge in [-0.15, -0.1) is 11.8 Å². The average molecular weight is 766 g/mol. The van der Waals surface area contributed by atoms with Crippen LogP contribution in [0.5, 0.6) is 0 Å². The quantitative estimate of drug-likeness (QED) is 0.0210. The van der Waals surface area contributed by atoms with Crippen LogP contribution in [0.3, 0.4) is 0 Å². The molecule has 5 N–H and O–H groups in total. The normalized spacial score (nSPS) is 15.0. The number of carboxylic acids is 1. The zero-order valence-corrected chi connectivity index (χ0v) is 34.2. The zero-order valence-electron chi connectivity index (χ0n) is 33.3. The van der Waals surface area contributed by atoms with Crippen LogP contribution in [0, 0.1) is 5.92 Å². The van der Waals surface area contributed by atoms with Gasteiger partial charge in [0.1, 0.15) is 12.6 Å². The van der Waals surface area contributed by atoms with Gasteiger partial charge in [0.05, 0.1) is 12.7 Å². The lowest BCUT2D eigenvalue weighted by Crippen LogP contribution is -2.38. The first-order valence-corrected chi connectivity index (χ1v) is 21.6. The molecule has 0 amide bonds. The third kappa shape index (κ3) is 32.7. The smallest absolute Gasteiger partial charge is 0.323 e. The van der Waals surface area contributed by atoms with Crippen LogP contribution in [0.25, 0.3) is 0 Å². The van der Waals surface area contributed by atoms with Gasteiger partial charge in [-0.25, -0.2) is 0 Å². The maximum absolute atomic E-state index is 12.6. The summed E-state index contributed by atoms with van der Waals surface area (Å²) in [7, 11) is 0. The molecular weight excluding hydrogens is 691 g/mol. The highest BCUT2D eigenvalue weighted by Gasteiger charge is 2.23. The molecule has 0 fully saturated rings. The highest BCUT2D eigenvalue weighted by Crippen LogP contribution is 2.22. The maximum atomic E-state index is 12.6. The number of aliphatic hydroxyl groups is 2. The van der Waals surface area contributed by atoms with Crippen molar-refractivity contribution in [1.82, 2.24) is 0 Å². The number of hydrogen-bond acceptors (Lipinski definition) is 9. The van der Waals surface area contributed by atoms with Crippen molar-refractivity contribution in [1.29, 1.82) is 0 Å². The fourth-order valence-electron chi connectivity index (χ4n) is 5.50. The minimum Gasteiger partial charge on any atom is -0.481 e. The molecule has 10 heteroatoms. The van der Waals surface area contributed by atoms with Gasteiger partial charge in [0.2, 0.25) is 0 Å². The van der Waals surface area contributed by atoms with Crippen molar-refractivity contribution < 1.29 is 39.2 Å². The molecule has 306 valence electrons. The Kier molecular flexibility index (Phi) is 34.9. The van der Waals surface area contributed by atoms with Crippen LogP contribution in [0.2, 0.25) is 0 Å². The minimum absolute atomic E-state index is 0.0443. The number of allylic oxidation sites excluding steroid dienone is 7. The molecule has 0 aromatic carbocycles. The van der Waals surface area contributed by atoms with E-state index >= 15 is 0 Å². The lowest BCUT2D eigenvalue weighted by atomic mass is 9.99. The van der Waals surface area contributed by atoms with E-state index in [1.165, 1.54) is 88.8 Å². The van der Waals surface area contributed by atoms with E-state index in [9.17, 15) is 24.6 Å². The highest BCUT2D eigenvalue weighted by atomic mass is 32.2. The SMILES string of the molecule is CCCCC/C=C\C\C=C/C=C/C=C/[C@@H](SC[C@H](N)C(=O)OC[C@H](CO)OC(=O)CCCCCCCCCCCCC(C)CC)[C@@H](O)CCCC(=O)O. The average Bonchev–Trinajstić information content (AvgIpc) is 3.14. The summed E-state index contributed by atoms with van der Waals surface area (Å²) < 4.78 is 10.6. The summed E-state index contributed by atoms with van der Waals surface area (Å²) in [6.07, 6.45) is 34.7. The molecule has 0 radical (unpaired) electrons. The van der Waals surface area contributed by atoms with Gasteiger partial charge >= 0.3 is 17.9 Å². The van der Waals surface area contributed by atoms with E-state index in [0.717, 1.165) is 38.0 Å². The van der Waals surface area contributed by atoms with Crippen LogP contribution in [-0.4, -0.2) is 75.7 Å². The standard InChI is InChI=1S/C43H75NO8S/c1-4-6-7-8-9-10-11-12-16-19-22-25-30-40(39(46)29-27-31-41(47)48)53-35-38(44)43(50)51-34-37(33-45)52-42(49)32-26-23-20-17-14-13-15-18-21-24-28-36(3)5-2/h9-10,12,16,19,22,25,30,36-40,45-46H,4-8,11,13-15,17-18,20-21,23-24,26-29,31-35,44H2,1-3H3,(H,47,48)/b10-9-,16-12-,22-19+,30-25+/t36?,37-,38-,39-,40+/m0/s1. The van der Waals surface area contributed by atoms with E-state index in [-0.39, 0.29) is 31.6 Å². The van der Waals surface area contributed by atoms with Crippen LogP contribution in [0.4, 0.5) is 0 Å². The lowest BCUT2D eigenvalue weighted by Gasteiger charge is -2.21. The Hall–Kier alpha value is -2.40. The van der Waals surface area contributed by atoms with E-state index in [0.29, 0.717) is 6.42 Å². The Morgan fingerprint density at radius 1 is 0.774 bits per heavy atom. The third-order valence-corrected chi connectivity index (χ3v) is 10.6. The van der Waals surface area contributed by atoms with Crippen molar-refractivity contribution in [3.63, 3.8) is 0 Å². The number of rotatable bonds is 36. The topological polar surface area (TPSA) is 156 Å². The molecule has 0 spiro atoms. The van der Waals surface area contributed by atoms with Crippen molar-refractivity contribution in [2.75, 3.05) is 19.0 Å². The van der Waals surface area contributed by atoms with Gasteiger partial charge in [0, 0.05) is 23.8 Å². The number of carbonyl (C=O) groups excluding carboxylic acids is 2. The second-order valence-corrected chi connectivity index (χ2v) is 15.4. The Bertz CT molecular complexity index is 1030. The molecule has 0 aliphatic rings. The number of aliphatic carboxylic acids is 1. The molecule has 0 aliphatic heterocycles. The molecule has 0 aromatic heterocycles. The van der Waals surface area contributed by atoms with Gasteiger partial charge < -0.3 is 30.5 Å². The molecule has 0 saturated carbocycles. The number of carboxylic acid groups (broad SMARTS) is 1. The van der Waals surface area contributed by atoms with Crippen LogP contribution in [0.15, 0.2) is 48.6 Å². The highest BCUT2D eigenvalue weighted by molar-refractivity contribution is 8.00. The Morgan fingerprint density at radius 3 is 2.08 bits per heavy atom. The number of nitrogens with two attached hydrogens (primary N) is 1. The fraction of sp³-hybridized carbons (Fsp3) is 0.744. The van der Waals surface area contributed by atoms with Gasteiger partial charge in [0.25, 0.3) is 0 Å². The number of unbranched alkanes of at least 4 members (excludes halogenated alkanes) is 12. The number of hydrogen-bond donors (Lipinski definition) is 4. The summed E-state index contributed by atoms with van der Waals surface area (Å²) in [6.45, 7) is 6.01. The summed E-state index contributed by atoms with van der Waals surface area (Å²) in [4.78, 5) is 35.9. The largest absolute Gasteiger partial charge is 0.481 e. The van der Waals surface area contributed by atoms with Crippen LogP contribution < -0.4 is 5.73 Å². The van der Waals surface area contributed by atoms with E-state index in [1.807, 2.05) is 30.4 Å². The predicted octanol–water partition coefficient (Wildman–Crippen LogP) is 9.40. The Balaban J connectivity index is 4.51.